The Balaban J connectivity index is 3.55. The SMILES string of the molecule is S=C=Nc1cc(Cl)c(N=C=S)c(N=C=S)c1. The Morgan fingerprint density at radius 2 is 1.56 bits per heavy atom. The summed E-state index contributed by atoms with van der Waals surface area (Å²) in [5.41, 5.74) is 1.29. The van der Waals surface area contributed by atoms with Crippen LogP contribution in [0.4, 0.5) is 17.1 Å². The van der Waals surface area contributed by atoms with E-state index in [1.165, 1.54) is 0 Å². The average molecular weight is 284 g/mol. The number of nitrogens with zero attached hydrogens (tertiary/aromatic N) is 3. The molecule has 1 aromatic rings. The molecule has 0 amide bonds. The van der Waals surface area contributed by atoms with E-state index in [0.717, 1.165) is 0 Å². The molecule has 7 heteroatoms. The van der Waals surface area contributed by atoms with Gasteiger partial charge in [-0.1, -0.05) is 11.6 Å². The monoisotopic (exact) mass is 283 g/mol. The van der Waals surface area contributed by atoms with Crippen molar-refractivity contribution in [2.24, 2.45) is 15.0 Å². The van der Waals surface area contributed by atoms with Crippen LogP contribution >= 0.6 is 48.3 Å². The fourth-order valence-corrected chi connectivity index (χ4v) is 1.52. The van der Waals surface area contributed by atoms with Gasteiger partial charge in [0.25, 0.3) is 0 Å². The Labute approximate surface area is 113 Å². The van der Waals surface area contributed by atoms with E-state index >= 15 is 0 Å². The van der Waals surface area contributed by atoms with Crippen LogP contribution < -0.4 is 0 Å². The second-order valence-electron chi connectivity index (χ2n) is 2.40. The second kappa shape index (κ2) is 6.48. The molecule has 3 nitrogen and oxygen atoms in total. The standard InChI is InChI=1S/C9H2ClN3S3/c10-7-1-6(11-3-14)2-8(12-4-15)9(7)13-5-16/h1-2H. The summed E-state index contributed by atoms with van der Waals surface area (Å²) in [5, 5.41) is 6.98. The summed E-state index contributed by atoms with van der Waals surface area (Å²) in [6.45, 7) is 0. The van der Waals surface area contributed by atoms with E-state index in [1.54, 1.807) is 12.1 Å². The first-order valence-corrected chi connectivity index (χ1v) is 5.40. The Hall–Kier alpha value is -1.09. The van der Waals surface area contributed by atoms with Gasteiger partial charge in [0.05, 0.1) is 26.2 Å². The zero-order chi connectivity index (χ0) is 12.0. The van der Waals surface area contributed by atoms with Gasteiger partial charge in [-0.15, -0.1) is 0 Å². The van der Waals surface area contributed by atoms with Crippen LogP contribution in [0.3, 0.4) is 0 Å². The molecule has 0 aliphatic carbocycles. The Kier molecular flexibility index (Phi) is 5.26. The Morgan fingerprint density at radius 1 is 0.938 bits per heavy atom. The lowest BCUT2D eigenvalue weighted by atomic mass is 10.2. The molecule has 16 heavy (non-hydrogen) atoms. The van der Waals surface area contributed by atoms with Crippen molar-refractivity contribution >= 4 is 80.8 Å². The van der Waals surface area contributed by atoms with E-state index in [-0.39, 0.29) is 0 Å². The summed E-state index contributed by atoms with van der Waals surface area (Å²) in [6, 6.07) is 3.16. The highest BCUT2D eigenvalue weighted by Gasteiger charge is 2.07. The summed E-state index contributed by atoms with van der Waals surface area (Å²) >= 11 is 19.5. The predicted molar refractivity (Wildman–Crippen MR) is 75.5 cm³/mol. The van der Waals surface area contributed by atoms with Crippen LogP contribution in [-0.2, 0) is 0 Å². The van der Waals surface area contributed by atoms with E-state index in [9.17, 15) is 0 Å². The van der Waals surface area contributed by atoms with Gasteiger partial charge >= 0.3 is 0 Å². The van der Waals surface area contributed by atoms with Crippen LogP contribution in [-0.4, -0.2) is 15.5 Å². The molecule has 0 saturated carbocycles. The van der Waals surface area contributed by atoms with Crippen molar-refractivity contribution in [1.82, 2.24) is 0 Å². The minimum atomic E-state index is 0.327. The van der Waals surface area contributed by atoms with Crippen molar-refractivity contribution < 1.29 is 0 Å². The first kappa shape index (κ1) is 13.0. The molecule has 1 rings (SSSR count). The van der Waals surface area contributed by atoms with Crippen LogP contribution in [0, 0.1) is 0 Å². The Morgan fingerprint density at radius 3 is 2.12 bits per heavy atom. The summed E-state index contributed by atoms with van der Waals surface area (Å²) in [6.07, 6.45) is 0. The minimum Gasteiger partial charge on any atom is -0.195 e. The molecule has 0 spiro atoms. The maximum Gasteiger partial charge on any atom is 0.119 e. The second-order valence-corrected chi connectivity index (χ2v) is 3.36. The molecule has 78 valence electrons. The fourth-order valence-electron chi connectivity index (χ4n) is 0.979. The van der Waals surface area contributed by atoms with Gasteiger partial charge in [0, 0.05) is 0 Å². The van der Waals surface area contributed by atoms with Gasteiger partial charge in [-0.25, -0.2) is 0 Å². The molecule has 0 saturated heterocycles. The van der Waals surface area contributed by atoms with Crippen molar-refractivity contribution in [2.75, 3.05) is 0 Å². The van der Waals surface area contributed by atoms with Crippen LogP contribution in [0.5, 0.6) is 0 Å². The van der Waals surface area contributed by atoms with Gasteiger partial charge in [-0.2, -0.15) is 15.0 Å². The van der Waals surface area contributed by atoms with Gasteiger partial charge in [0.1, 0.15) is 11.4 Å². The highest BCUT2D eigenvalue weighted by Crippen LogP contribution is 2.38. The molecule has 0 aromatic heterocycles. The molecule has 0 unspecified atom stereocenters. The van der Waals surface area contributed by atoms with Crippen LogP contribution in [0.2, 0.25) is 5.02 Å². The third kappa shape index (κ3) is 3.20. The number of thiocarbonyl (C=S) groups is 3. The third-order valence-corrected chi connectivity index (χ3v) is 2.09. The van der Waals surface area contributed by atoms with E-state index in [1.807, 2.05) is 0 Å². The van der Waals surface area contributed by atoms with Crippen molar-refractivity contribution in [3.05, 3.63) is 17.2 Å². The van der Waals surface area contributed by atoms with Crippen molar-refractivity contribution in [1.29, 1.82) is 0 Å². The van der Waals surface area contributed by atoms with Crippen LogP contribution in [0.1, 0.15) is 0 Å². The first-order valence-electron chi connectivity index (χ1n) is 3.80. The molecule has 0 aliphatic heterocycles. The summed E-state index contributed by atoms with van der Waals surface area (Å²) in [7, 11) is 0. The third-order valence-electron chi connectivity index (χ3n) is 1.53. The largest absolute Gasteiger partial charge is 0.195 e. The average Bonchev–Trinajstić information content (AvgIpc) is 2.24. The lowest BCUT2D eigenvalue weighted by Crippen LogP contribution is -1.72. The van der Waals surface area contributed by atoms with E-state index in [0.29, 0.717) is 22.1 Å². The fraction of sp³-hybridized carbons (Fsp3) is 0. The number of isothiocyanates is 3. The highest BCUT2D eigenvalue weighted by atomic mass is 35.5. The van der Waals surface area contributed by atoms with Crippen LogP contribution in [0.25, 0.3) is 0 Å². The quantitative estimate of drug-likeness (QED) is 0.603. The number of benzene rings is 1. The van der Waals surface area contributed by atoms with Crippen LogP contribution in [0.15, 0.2) is 27.1 Å². The number of aliphatic imine (C=N–C) groups is 3. The smallest absolute Gasteiger partial charge is 0.119 e. The molecule has 0 aliphatic rings. The number of halogens is 1. The molecule has 0 bridgehead atoms. The maximum absolute atomic E-state index is 5.96. The lowest BCUT2D eigenvalue weighted by Gasteiger charge is -2.01. The molecule has 0 fully saturated rings. The van der Waals surface area contributed by atoms with Gasteiger partial charge in [-0.05, 0) is 48.8 Å². The zero-order valence-corrected chi connectivity index (χ0v) is 10.8. The maximum atomic E-state index is 5.96. The minimum absolute atomic E-state index is 0.327. The van der Waals surface area contributed by atoms with E-state index in [4.69, 9.17) is 11.6 Å². The molecule has 0 radical (unpaired) electrons. The molecular formula is C9H2ClN3S3. The number of hydrogen-bond donors (Lipinski definition) is 0. The molecule has 0 N–H and O–H groups in total. The van der Waals surface area contributed by atoms with Gasteiger partial charge in [-0.3, -0.25) is 0 Å². The predicted octanol–water partition coefficient (Wildman–Crippen LogP) is 4.54. The normalized spacial score (nSPS) is 8.31. The summed E-state index contributed by atoms with van der Waals surface area (Å²) in [4.78, 5) is 11.4. The number of rotatable bonds is 3. The molecule has 0 heterocycles. The molecule has 0 atom stereocenters. The zero-order valence-electron chi connectivity index (χ0n) is 7.60. The number of hydrogen-bond acceptors (Lipinski definition) is 6. The lowest BCUT2D eigenvalue weighted by molar-refractivity contribution is 1.45. The van der Waals surface area contributed by atoms with Crippen molar-refractivity contribution in [2.45, 2.75) is 0 Å². The first-order chi connectivity index (χ1) is 7.72. The van der Waals surface area contributed by atoms with E-state index in [2.05, 4.69) is 67.1 Å². The molecule has 1 aromatic carbocycles. The topological polar surface area (TPSA) is 37.1 Å². The van der Waals surface area contributed by atoms with Gasteiger partial charge in [0.15, 0.2) is 0 Å². The van der Waals surface area contributed by atoms with Gasteiger partial charge in [0.2, 0.25) is 0 Å². The highest BCUT2D eigenvalue weighted by molar-refractivity contribution is 7.78. The van der Waals surface area contributed by atoms with Crippen molar-refractivity contribution in [3.8, 4) is 0 Å². The summed E-state index contributed by atoms with van der Waals surface area (Å²) < 4.78 is 0. The molecular weight excluding hydrogens is 282 g/mol. The summed E-state index contributed by atoms with van der Waals surface area (Å²) in [5.74, 6) is 0. The Bertz CT molecular complexity index is 566. The van der Waals surface area contributed by atoms with Crippen molar-refractivity contribution in [3.63, 3.8) is 0 Å². The van der Waals surface area contributed by atoms with Gasteiger partial charge < -0.3 is 0 Å². The van der Waals surface area contributed by atoms with E-state index < -0.39 is 0 Å².